The predicted molar refractivity (Wildman–Crippen MR) is 55.8 cm³/mol. The number of amides is 1. The summed E-state index contributed by atoms with van der Waals surface area (Å²) in [4.78, 5) is 14.1. The van der Waals surface area contributed by atoms with E-state index in [1.54, 1.807) is 0 Å². The summed E-state index contributed by atoms with van der Waals surface area (Å²) < 4.78 is 0. The van der Waals surface area contributed by atoms with E-state index in [-0.39, 0.29) is 5.91 Å². The Morgan fingerprint density at radius 2 is 2.07 bits per heavy atom. The van der Waals surface area contributed by atoms with Gasteiger partial charge in [-0.3, -0.25) is 4.79 Å². The minimum absolute atomic E-state index is 0.205. The van der Waals surface area contributed by atoms with Gasteiger partial charge in [0.25, 0.3) is 0 Å². The Bertz CT molecular complexity index is 235. The average molecular weight is 196 g/mol. The Morgan fingerprint density at radius 1 is 1.36 bits per heavy atom. The molecule has 3 heteroatoms. The minimum atomic E-state index is -0.494. The molecule has 1 aliphatic carbocycles. The quantitative estimate of drug-likeness (QED) is 0.686. The van der Waals surface area contributed by atoms with Gasteiger partial charge in [-0.05, 0) is 45.4 Å². The van der Waals surface area contributed by atoms with Crippen LogP contribution in [0.3, 0.4) is 0 Å². The number of carbonyl (C=O) groups is 1. The molecule has 1 unspecified atom stereocenters. The van der Waals surface area contributed by atoms with Crippen molar-refractivity contribution in [3.8, 4) is 0 Å². The molecule has 0 bridgehead atoms. The Balaban J connectivity index is 2.02. The zero-order chi connectivity index (χ0) is 10.2. The standard InChI is InChI=1S/C11H20N2O/c1-9-5-2-3-8-13(9)10(14)11(12)6-4-7-11/h9H,2-8,12H2,1H3. The number of likely N-dealkylation sites (tertiary alicyclic amines) is 1. The lowest BCUT2D eigenvalue weighted by molar-refractivity contribution is -0.143. The highest BCUT2D eigenvalue weighted by atomic mass is 16.2. The van der Waals surface area contributed by atoms with Crippen molar-refractivity contribution in [2.24, 2.45) is 5.73 Å². The second-order valence-corrected chi connectivity index (χ2v) is 4.85. The van der Waals surface area contributed by atoms with Crippen LogP contribution in [-0.2, 0) is 4.79 Å². The van der Waals surface area contributed by atoms with Gasteiger partial charge in [0.15, 0.2) is 0 Å². The summed E-state index contributed by atoms with van der Waals surface area (Å²) in [5.41, 5.74) is 5.55. The zero-order valence-corrected chi connectivity index (χ0v) is 8.96. The van der Waals surface area contributed by atoms with E-state index in [4.69, 9.17) is 5.73 Å². The van der Waals surface area contributed by atoms with Crippen LogP contribution in [-0.4, -0.2) is 28.9 Å². The summed E-state index contributed by atoms with van der Waals surface area (Å²) in [5, 5.41) is 0. The van der Waals surface area contributed by atoms with Crippen molar-refractivity contribution in [3.05, 3.63) is 0 Å². The van der Waals surface area contributed by atoms with Gasteiger partial charge in [-0.1, -0.05) is 0 Å². The first-order valence-corrected chi connectivity index (χ1v) is 5.73. The maximum atomic E-state index is 12.1. The van der Waals surface area contributed by atoms with Crippen molar-refractivity contribution in [1.29, 1.82) is 0 Å². The van der Waals surface area contributed by atoms with Gasteiger partial charge in [0.1, 0.15) is 0 Å². The van der Waals surface area contributed by atoms with Gasteiger partial charge in [-0.25, -0.2) is 0 Å². The first-order valence-electron chi connectivity index (χ1n) is 5.73. The molecule has 0 spiro atoms. The van der Waals surface area contributed by atoms with Crippen molar-refractivity contribution in [3.63, 3.8) is 0 Å². The van der Waals surface area contributed by atoms with Crippen molar-refractivity contribution in [1.82, 2.24) is 4.90 Å². The van der Waals surface area contributed by atoms with Crippen LogP contribution >= 0.6 is 0 Å². The topological polar surface area (TPSA) is 46.3 Å². The van der Waals surface area contributed by atoms with Gasteiger partial charge in [0, 0.05) is 12.6 Å². The molecule has 2 rings (SSSR count). The molecular formula is C11H20N2O. The van der Waals surface area contributed by atoms with E-state index in [0.717, 1.165) is 38.6 Å². The third-order valence-electron chi connectivity index (χ3n) is 3.74. The van der Waals surface area contributed by atoms with E-state index in [0.29, 0.717) is 6.04 Å². The SMILES string of the molecule is CC1CCCCN1C(=O)C1(N)CCC1. The number of rotatable bonds is 1. The second-order valence-electron chi connectivity index (χ2n) is 4.85. The molecule has 80 valence electrons. The number of hydrogen-bond acceptors (Lipinski definition) is 2. The molecule has 0 aromatic rings. The zero-order valence-electron chi connectivity index (χ0n) is 8.96. The molecule has 2 aliphatic rings. The van der Waals surface area contributed by atoms with E-state index in [9.17, 15) is 4.79 Å². The molecule has 14 heavy (non-hydrogen) atoms. The Morgan fingerprint density at radius 3 is 2.57 bits per heavy atom. The van der Waals surface area contributed by atoms with Crippen LogP contribution in [0.5, 0.6) is 0 Å². The molecule has 1 atom stereocenters. The molecular weight excluding hydrogens is 176 g/mol. The molecule has 2 fully saturated rings. The monoisotopic (exact) mass is 196 g/mol. The van der Waals surface area contributed by atoms with Gasteiger partial charge in [0.2, 0.25) is 5.91 Å². The predicted octanol–water partition coefficient (Wildman–Crippen LogP) is 1.27. The summed E-state index contributed by atoms with van der Waals surface area (Å²) in [6.07, 6.45) is 6.42. The van der Waals surface area contributed by atoms with Crippen LogP contribution in [0.2, 0.25) is 0 Å². The first kappa shape index (κ1) is 9.97. The van der Waals surface area contributed by atoms with Gasteiger partial charge >= 0.3 is 0 Å². The molecule has 0 radical (unpaired) electrons. The maximum Gasteiger partial charge on any atom is 0.242 e. The Kier molecular flexibility index (Phi) is 2.52. The van der Waals surface area contributed by atoms with E-state index in [1.165, 1.54) is 6.42 Å². The van der Waals surface area contributed by atoms with E-state index in [1.807, 2.05) is 4.90 Å². The van der Waals surface area contributed by atoms with E-state index < -0.39 is 5.54 Å². The van der Waals surface area contributed by atoms with E-state index in [2.05, 4.69) is 6.92 Å². The van der Waals surface area contributed by atoms with Crippen LogP contribution in [0.25, 0.3) is 0 Å². The lowest BCUT2D eigenvalue weighted by Gasteiger charge is -2.44. The number of piperidine rings is 1. The number of nitrogens with two attached hydrogens (primary N) is 1. The second kappa shape index (κ2) is 3.54. The molecule has 3 nitrogen and oxygen atoms in total. The summed E-state index contributed by atoms with van der Waals surface area (Å²) in [5.74, 6) is 0.205. The summed E-state index contributed by atoms with van der Waals surface area (Å²) >= 11 is 0. The van der Waals surface area contributed by atoms with Crippen molar-refractivity contribution < 1.29 is 4.79 Å². The fourth-order valence-corrected chi connectivity index (χ4v) is 2.46. The largest absolute Gasteiger partial charge is 0.338 e. The lowest BCUT2D eigenvalue weighted by Crippen LogP contribution is -2.61. The third kappa shape index (κ3) is 1.54. The Hall–Kier alpha value is -0.570. The molecule has 0 aromatic carbocycles. The number of hydrogen-bond donors (Lipinski definition) is 1. The highest BCUT2D eigenvalue weighted by molar-refractivity contribution is 5.87. The molecule has 1 aliphatic heterocycles. The smallest absolute Gasteiger partial charge is 0.242 e. The van der Waals surface area contributed by atoms with Crippen LogP contribution in [0.15, 0.2) is 0 Å². The molecule has 1 heterocycles. The van der Waals surface area contributed by atoms with Crippen molar-refractivity contribution in [2.45, 2.75) is 57.0 Å². The van der Waals surface area contributed by atoms with Crippen LogP contribution in [0.4, 0.5) is 0 Å². The highest BCUT2D eigenvalue weighted by Gasteiger charge is 2.43. The fourth-order valence-electron chi connectivity index (χ4n) is 2.46. The van der Waals surface area contributed by atoms with Crippen molar-refractivity contribution >= 4 is 5.91 Å². The third-order valence-corrected chi connectivity index (χ3v) is 3.74. The number of carbonyl (C=O) groups excluding carboxylic acids is 1. The fraction of sp³-hybridized carbons (Fsp3) is 0.909. The van der Waals surface area contributed by atoms with Crippen LogP contribution in [0.1, 0.15) is 45.4 Å². The maximum absolute atomic E-state index is 12.1. The highest BCUT2D eigenvalue weighted by Crippen LogP contribution is 2.32. The van der Waals surface area contributed by atoms with Crippen molar-refractivity contribution in [2.75, 3.05) is 6.54 Å². The molecule has 1 amide bonds. The normalized spacial score (nSPS) is 31.0. The lowest BCUT2D eigenvalue weighted by atomic mass is 9.76. The number of nitrogens with zero attached hydrogens (tertiary/aromatic N) is 1. The summed E-state index contributed by atoms with van der Waals surface area (Å²) in [7, 11) is 0. The summed E-state index contributed by atoms with van der Waals surface area (Å²) in [6, 6.07) is 0.400. The molecule has 1 saturated heterocycles. The Labute approximate surface area is 85.6 Å². The molecule has 0 aromatic heterocycles. The summed E-state index contributed by atoms with van der Waals surface area (Å²) in [6.45, 7) is 3.05. The average Bonchev–Trinajstić information content (AvgIpc) is 2.14. The minimum Gasteiger partial charge on any atom is -0.338 e. The van der Waals surface area contributed by atoms with Gasteiger partial charge < -0.3 is 10.6 Å². The van der Waals surface area contributed by atoms with Gasteiger partial charge in [0.05, 0.1) is 5.54 Å². The van der Waals surface area contributed by atoms with Gasteiger partial charge in [-0.15, -0.1) is 0 Å². The molecule has 2 N–H and O–H groups in total. The van der Waals surface area contributed by atoms with Gasteiger partial charge in [-0.2, -0.15) is 0 Å². The first-order chi connectivity index (χ1) is 6.63. The van der Waals surface area contributed by atoms with Crippen LogP contribution in [0, 0.1) is 0 Å². The molecule has 1 saturated carbocycles. The van der Waals surface area contributed by atoms with E-state index >= 15 is 0 Å². The van der Waals surface area contributed by atoms with Crippen LogP contribution < -0.4 is 5.73 Å².